The summed E-state index contributed by atoms with van der Waals surface area (Å²) >= 11 is 6.89. The van der Waals surface area contributed by atoms with Crippen LogP contribution >= 0.6 is 23.6 Å². The first-order valence-electron chi connectivity index (χ1n) is 9.42. The summed E-state index contributed by atoms with van der Waals surface area (Å²) in [6, 6.07) is 19.1. The van der Waals surface area contributed by atoms with E-state index in [1.807, 2.05) is 77.5 Å². The van der Waals surface area contributed by atoms with Crippen LogP contribution in [-0.4, -0.2) is 20.7 Å². The number of hydrogen-bond acceptors (Lipinski definition) is 5. The lowest BCUT2D eigenvalue weighted by atomic mass is 10.2. The van der Waals surface area contributed by atoms with Crippen molar-refractivity contribution < 1.29 is 9.53 Å². The summed E-state index contributed by atoms with van der Waals surface area (Å²) in [7, 11) is 0. The third-order valence-corrected chi connectivity index (χ3v) is 5.60. The lowest BCUT2D eigenvalue weighted by Crippen LogP contribution is -2.15. The zero-order chi connectivity index (χ0) is 20.9. The minimum atomic E-state index is -0.0948. The van der Waals surface area contributed by atoms with Gasteiger partial charge < -0.3 is 10.1 Å². The Morgan fingerprint density at radius 1 is 1.17 bits per heavy atom. The van der Waals surface area contributed by atoms with Crippen molar-refractivity contribution in [2.24, 2.45) is 0 Å². The second-order valence-corrected chi connectivity index (χ2v) is 8.06. The molecule has 2 N–H and O–H groups in total. The predicted octanol–water partition coefficient (Wildman–Crippen LogP) is 5.80. The van der Waals surface area contributed by atoms with Crippen LogP contribution in [-0.2, 0) is 11.3 Å². The second kappa shape index (κ2) is 9.06. The zero-order valence-electron chi connectivity index (χ0n) is 16.3. The van der Waals surface area contributed by atoms with Gasteiger partial charge in [0.2, 0.25) is 5.91 Å². The Bertz CT molecular complexity index is 1190. The Balaban J connectivity index is 1.35. The van der Waals surface area contributed by atoms with E-state index >= 15 is 0 Å². The monoisotopic (exact) mass is 436 g/mol. The summed E-state index contributed by atoms with van der Waals surface area (Å²) < 4.78 is 8.19. The number of carbonyl (C=O) groups is 1. The molecule has 152 valence electrons. The highest BCUT2D eigenvalue weighted by Gasteiger charge is 2.11. The maximum atomic E-state index is 12.4. The van der Waals surface area contributed by atoms with E-state index in [4.69, 9.17) is 17.0 Å². The van der Waals surface area contributed by atoms with Gasteiger partial charge in [-0.2, -0.15) is 5.10 Å². The van der Waals surface area contributed by atoms with E-state index < -0.39 is 0 Å². The van der Waals surface area contributed by atoms with Gasteiger partial charge in [0.05, 0.1) is 4.88 Å². The molecule has 0 aliphatic heterocycles. The Kier molecular flexibility index (Phi) is 6.06. The number of amides is 1. The Hall–Kier alpha value is -3.23. The minimum absolute atomic E-state index is 0.0948. The van der Waals surface area contributed by atoms with Gasteiger partial charge in [0.25, 0.3) is 0 Å². The number of benzene rings is 2. The lowest BCUT2D eigenvalue weighted by Gasteiger charge is -2.09. The molecule has 0 aliphatic rings. The van der Waals surface area contributed by atoms with Gasteiger partial charge in [0.15, 0.2) is 10.6 Å². The van der Waals surface area contributed by atoms with Crippen LogP contribution in [0.4, 0.5) is 5.69 Å². The van der Waals surface area contributed by atoms with Crippen molar-refractivity contribution in [3.05, 3.63) is 76.4 Å². The summed E-state index contributed by atoms with van der Waals surface area (Å²) in [6.45, 7) is 2.47. The second-order valence-electron chi connectivity index (χ2n) is 6.72. The minimum Gasteiger partial charge on any atom is -0.457 e. The largest absolute Gasteiger partial charge is 0.457 e. The summed E-state index contributed by atoms with van der Waals surface area (Å²) in [5.74, 6) is 2.15. The number of nitrogens with one attached hydrogen (secondary N) is 2. The van der Waals surface area contributed by atoms with Crippen molar-refractivity contribution in [1.29, 1.82) is 0 Å². The van der Waals surface area contributed by atoms with Crippen molar-refractivity contribution in [3.8, 4) is 22.2 Å². The summed E-state index contributed by atoms with van der Waals surface area (Å²) in [5, 5.41) is 12.0. The van der Waals surface area contributed by atoms with Crippen LogP contribution in [0.3, 0.4) is 0 Å². The standard InChI is InChI=1S/C22H20N4O2S2/c1-15-4-2-5-18(14-15)28-17-9-7-16(8-10-17)23-20(27)11-12-26-21(24-25-22(26)29)19-6-3-13-30-19/h2-10,13-14H,11-12H2,1H3,(H,23,27)(H,25,29). The van der Waals surface area contributed by atoms with Crippen LogP contribution in [0.1, 0.15) is 12.0 Å². The Labute approximate surface area is 183 Å². The molecule has 4 rings (SSSR count). The molecule has 0 radical (unpaired) electrons. The number of aryl methyl sites for hydroxylation is 1. The molecule has 0 unspecified atom stereocenters. The van der Waals surface area contributed by atoms with Gasteiger partial charge in [0, 0.05) is 18.7 Å². The van der Waals surface area contributed by atoms with E-state index in [1.54, 1.807) is 11.3 Å². The SMILES string of the molecule is Cc1cccc(Oc2ccc(NC(=O)CCn3c(-c4cccs4)n[nH]c3=S)cc2)c1. The van der Waals surface area contributed by atoms with E-state index in [0.29, 0.717) is 22.8 Å². The number of anilines is 1. The number of aromatic amines is 1. The van der Waals surface area contributed by atoms with Gasteiger partial charge >= 0.3 is 0 Å². The normalized spacial score (nSPS) is 10.7. The number of aromatic nitrogens is 3. The molecule has 0 fully saturated rings. The van der Waals surface area contributed by atoms with E-state index in [1.165, 1.54) is 0 Å². The van der Waals surface area contributed by atoms with E-state index in [-0.39, 0.29) is 12.3 Å². The first-order valence-corrected chi connectivity index (χ1v) is 10.7. The summed E-state index contributed by atoms with van der Waals surface area (Å²) in [4.78, 5) is 13.4. The van der Waals surface area contributed by atoms with Crippen molar-refractivity contribution in [2.45, 2.75) is 19.9 Å². The van der Waals surface area contributed by atoms with Crippen LogP contribution in [0.5, 0.6) is 11.5 Å². The van der Waals surface area contributed by atoms with Gasteiger partial charge in [-0.15, -0.1) is 11.3 Å². The summed E-state index contributed by atoms with van der Waals surface area (Å²) in [5.41, 5.74) is 1.85. The lowest BCUT2D eigenvalue weighted by molar-refractivity contribution is -0.116. The van der Waals surface area contributed by atoms with Crippen LogP contribution in [0.2, 0.25) is 0 Å². The van der Waals surface area contributed by atoms with E-state index in [9.17, 15) is 4.79 Å². The topological polar surface area (TPSA) is 71.9 Å². The number of nitrogens with zero attached hydrogens (tertiary/aromatic N) is 2. The maximum Gasteiger partial charge on any atom is 0.226 e. The number of thiophene rings is 1. The fraction of sp³-hybridized carbons (Fsp3) is 0.136. The van der Waals surface area contributed by atoms with Crippen LogP contribution in [0.25, 0.3) is 10.7 Å². The molecule has 30 heavy (non-hydrogen) atoms. The quantitative estimate of drug-likeness (QED) is 0.359. The average molecular weight is 437 g/mol. The fourth-order valence-corrected chi connectivity index (χ4v) is 3.92. The first-order chi connectivity index (χ1) is 14.6. The predicted molar refractivity (Wildman–Crippen MR) is 122 cm³/mol. The van der Waals surface area contributed by atoms with Gasteiger partial charge in [-0.25, -0.2) is 0 Å². The number of H-pyrrole nitrogens is 1. The maximum absolute atomic E-state index is 12.4. The molecule has 2 aromatic heterocycles. The molecular weight excluding hydrogens is 416 g/mol. The van der Waals surface area contributed by atoms with E-state index in [2.05, 4.69) is 15.5 Å². The third-order valence-electron chi connectivity index (χ3n) is 4.43. The molecule has 0 saturated carbocycles. The first kappa shape index (κ1) is 20.1. The summed E-state index contributed by atoms with van der Waals surface area (Å²) in [6.07, 6.45) is 0.285. The molecule has 8 heteroatoms. The fourth-order valence-electron chi connectivity index (χ4n) is 2.98. The molecule has 0 aliphatic carbocycles. The molecule has 2 heterocycles. The molecule has 0 spiro atoms. The smallest absolute Gasteiger partial charge is 0.226 e. The van der Waals surface area contributed by atoms with Crippen LogP contribution in [0, 0.1) is 11.7 Å². The van der Waals surface area contributed by atoms with Crippen LogP contribution < -0.4 is 10.1 Å². The molecule has 0 bridgehead atoms. The molecule has 0 atom stereocenters. The zero-order valence-corrected chi connectivity index (χ0v) is 17.9. The van der Waals surface area contributed by atoms with Crippen molar-refractivity contribution in [3.63, 3.8) is 0 Å². The van der Waals surface area contributed by atoms with Crippen molar-refractivity contribution >= 4 is 35.1 Å². The number of carbonyl (C=O) groups excluding carboxylic acids is 1. The molecule has 2 aromatic carbocycles. The number of ether oxygens (including phenoxy) is 1. The molecule has 1 amide bonds. The molecule has 6 nitrogen and oxygen atoms in total. The van der Waals surface area contributed by atoms with Crippen LogP contribution in [0.15, 0.2) is 66.0 Å². The molecule has 0 saturated heterocycles. The molecule has 4 aromatic rings. The Morgan fingerprint density at radius 3 is 2.73 bits per heavy atom. The highest BCUT2D eigenvalue weighted by atomic mass is 32.1. The highest BCUT2D eigenvalue weighted by Crippen LogP contribution is 2.24. The van der Waals surface area contributed by atoms with Crippen molar-refractivity contribution in [2.75, 3.05) is 5.32 Å². The third kappa shape index (κ3) is 4.84. The highest BCUT2D eigenvalue weighted by molar-refractivity contribution is 7.71. The average Bonchev–Trinajstić information content (AvgIpc) is 3.38. The van der Waals surface area contributed by atoms with Gasteiger partial charge in [-0.05, 0) is 72.5 Å². The number of rotatable bonds is 7. The number of hydrogen-bond donors (Lipinski definition) is 2. The van der Waals surface area contributed by atoms with Gasteiger partial charge in [-0.3, -0.25) is 14.5 Å². The van der Waals surface area contributed by atoms with E-state index in [0.717, 1.165) is 22.0 Å². The molecular formula is C22H20N4O2S2. The van der Waals surface area contributed by atoms with Gasteiger partial charge in [0.1, 0.15) is 11.5 Å². The Morgan fingerprint density at radius 2 is 2.00 bits per heavy atom. The van der Waals surface area contributed by atoms with Gasteiger partial charge in [-0.1, -0.05) is 18.2 Å². The van der Waals surface area contributed by atoms with Crippen molar-refractivity contribution in [1.82, 2.24) is 14.8 Å².